The van der Waals surface area contributed by atoms with Crippen molar-refractivity contribution in [3.05, 3.63) is 82.6 Å². The van der Waals surface area contributed by atoms with Crippen molar-refractivity contribution < 1.29 is 9.90 Å². The van der Waals surface area contributed by atoms with Crippen molar-refractivity contribution in [1.82, 2.24) is 0 Å². The molecule has 0 spiro atoms. The zero-order valence-corrected chi connectivity index (χ0v) is 16.4. The van der Waals surface area contributed by atoms with Crippen LogP contribution in [0.1, 0.15) is 27.4 Å². The summed E-state index contributed by atoms with van der Waals surface area (Å²) < 4.78 is 0. The van der Waals surface area contributed by atoms with E-state index in [1.807, 2.05) is 30.4 Å². The average Bonchev–Trinajstić information content (AvgIpc) is 2.63. The average molecular weight is 375 g/mol. The molecule has 1 aliphatic heterocycles. The summed E-state index contributed by atoms with van der Waals surface area (Å²) in [6, 6.07) is 13.3. The lowest BCUT2D eigenvalue weighted by Gasteiger charge is -2.45. The van der Waals surface area contributed by atoms with Crippen molar-refractivity contribution in [3.8, 4) is 0 Å². The van der Waals surface area contributed by atoms with E-state index in [1.54, 1.807) is 12.1 Å². The predicted octanol–water partition coefficient (Wildman–Crippen LogP) is 3.70. The fraction of sp³-hybridized carbons (Fsp3) is 0.182. The Labute approximate surface area is 159 Å². The number of carboxylic acid groups (broad SMARTS) is 1. The van der Waals surface area contributed by atoms with Gasteiger partial charge in [-0.05, 0) is 46.7 Å². The topological polar surface area (TPSA) is 87.2 Å². The van der Waals surface area contributed by atoms with Gasteiger partial charge in [0.1, 0.15) is 8.07 Å². The molecule has 2 aliphatic rings. The molecular weight excluding hydrogens is 352 g/mol. The van der Waals surface area contributed by atoms with Crippen LogP contribution in [0.25, 0.3) is 0 Å². The summed E-state index contributed by atoms with van der Waals surface area (Å²) in [5.74, 6) is -0.941. The standard InChI is InChI=1S/C22H22N2O2Si/c1-27(2)19-11-13(23)7-9-17(19)21(18-10-8-14(24)12-20(18)27)15-5-3-4-6-16(15)22(25)26/h3-12,17,21,23H,24H2,1-2H3,(H,25,26). The third kappa shape index (κ3) is 2.66. The van der Waals surface area contributed by atoms with E-state index in [1.165, 1.54) is 10.4 Å². The van der Waals surface area contributed by atoms with E-state index in [0.717, 1.165) is 16.8 Å². The summed E-state index contributed by atoms with van der Waals surface area (Å²) in [6.45, 7) is 4.58. The normalized spacial score (nSPS) is 22.6. The third-order valence-corrected chi connectivity index (χ3v) is 9.55. The highest BCUT2D eigenvalue weighted by molar-refractivity contribution is 6.96. The molecule has 0 saturated heterocycles. The molecule has 1 heterocycles. The number of carboxylic acids is 1. The summed E-state index contributed by atoms with van der Waals surface area (Å²) in [5.41, 5.74) is 9.64. The molecule has 2 aromatic carbocycles. The van der Waals surface area contributed by atoms with Gasteiger partial charge in [0, 0.05) is 17.5 Å². The van der Waals surface area contributed by atoms with Crippen molar-refractivity contribution >= 4 is 30.6 Å². The molecule has 2 aromatic rings. The maximum absolute atomic E-state index is 11.9. The van der Waals surface area contributed by atoms with Crippen LogP contribution in [0.15, 0.2) is 65.9 Å². The van der Waals surface area contributed by atoms with Crippen LogP contribution in [0.3, 0.4) is 0 Å². The Hall–Kier alpha value is -2.92. The number of fused-ring (bicyclic) bond motifs is 2. The molecule has 0 aromatic heterocycles. The monoisotopic (exact) mass is 374 g/mol. The quantitative estimate of drug-likeness (QED) is 0.553. The van der Waals surface area contributed by atoms with Crippen LogP contribution < -0.4 is 10.9 Å². The van der Waals surface area contributed by atoms with Crippen molar-refractivity contribution in [3.63, 3.8) is 0 Å². The number of nitrogens with one attached hydrogen (secondary N) is 1. The molecule has 0 radical (unpaired) electrons. The molecule has 0 bridgehead atoms. The first-order valence-electron chi connectivity index (χ1n) is 9.01. The number of hydrogen-bond acceptors (Lipinski definition) is 3. The molecule has 4 nitrogen and oxygen atoms in total. The highest BCUT2D eigenvalue weighted by atomic mass is 28.3. The Morgan fingerprint density at radius 1 is 1.15 bits per heavy atom. The molecular formula is C22H22N2O2Si. The first-order valence-corrected chi connectivity index (χ1v) is 12.0. The number of nitrogens with two attached hydrogens (primary N) is 1. The van der Waals surface area contributed by atoms with Gasteiger partial charge >= 0.3 is 5.97 Å². The van der Waals surface area contributed by atoms with E-state index in [9.17, 15) is 9.90 Å². The highest BCUT2D eigenvalue weighted by Crippen LogP contribution is 2.46. The van der Waals surface area contributed by atoms with Gasteiger partial charge in [-0.1, -0.05) is 48.6 Å². The number of benzene rings is 2. The minimum Gasteiger partial charge on any atom is -0.478 e. The molecule has 0 saturated carbocycles. The van der Waals surface area contributed by atoms with Gasteiger partial charge in [-0.25, -0.2) is 4.79 Å². The van der Waals surface area contributed by atoms with Gasteiger partial charge in [0.15, 0.2) is 0 Å². The summed E-state index contributed by atoms with van der Waals surface area (Å²) in [7, 11) is -2.02. The van der Waals surface area contributed by atoms with Gasteiger partial charge in [0.05, 0.1) is 11.3 Å². The molecule has 136 valence electrons. The molecule has 4 N–H and O–H groups in total. The summed E-state index contributed by atoms with van der Waals surface area (Å²) in [4.78, 5) is 11.9. The number of nitrogen functional groups attached to an aromatic ring is 1. The van der Waals surface area contributed by atoms with E-state index in [-0.39, 0.29) is 11.8 Å². The van der Waals surface area contributed by atoms with Gasteiger partial charge in [0.25, 0.3) is 0 Å². The fourth-order valence-electron chi connectivity index (χ4n) is 4.57. The van der Waals surface area contributed by atoms with Gasteiger partial charge in [-0.2, -0.15) is 0 Å². The second-order valence-electron chi connectivity index (χ2n) is 7.78. The minimum absolute atomic E-state index is 0.0670. The van der Waals surface area contributed by atoms with Crippen LogP contribution in [0.2, 0.25) is 13.1 Å². The van der Waals surface area contributed by atoms with Gasteiger partial charge < -0.3 is 16.2 Å². The molecule has 2 atom stereocenters. The van der Waals surface area contributed by atoms with E-state index < -0.39 is 14.0 Å². The lowest BCUT2D eigenvalue weighted by Crippen LogP contribution is -2.54. The fourth-order valence-corrected chi connectivity index (χ4v) is 7.98. The van der Waals surface area contributed by atoms with E-state index in [0.29, 0.717) is 11.3 Å². The largest absolute Gasteiger partial charge is 0.478 e. The maximum atomic E-state index is 11.9. The first kappa shape index (κ1) is 17.5. The minimum atomic E-state index is -2.02. The number of allylic oxidation sites excluding steroid dienone is 4. The number of rotatable bonds is 2. The van der Waals surface area contributed by atoms with Crippen molar-refractivity contribution in [1.29, 1.82) is 5.41 Å². The molecule has 0 fully saturated rings. The third-order valence-electron chi connectivity index (χ3n) is 5.85. The number of carbonyl (C=O) groups is 1. The van der Waals surface area contributed by atoms with Crippen LogP contribution in [-0.4, -0.2) is 24.9 Å². The Morgan fingerprint density at radius 3 is 2.63 bits per heavy atom. The van der Waals surface area contributed by atoms with Crippen LogP contribution in [0.4, 0.5) is 5.69 Å². The Morgan fingerprint density at radius 2 is 1.89 bits per heavy atom. The van der Waals surface area contributed by atoms with Crippen LogP contribution >= 0.6 is 0 Å². The maximum Gasteiger partial charge on any atom is 0.335 e. The number of anilines is 1. The summed E-state index contributed by atoms with van der Waals surface area (Å²) in [6.07, 6.45) is 5.89. The van der Waals surface area contributed by atoms with Crippen molar-refractivity contribution in [2.24, 2.45) is 5.92 Å². The molecule has 27 heavy (non-hydrogen) atoms. The lowest BCUT2D eigenvalue weighted by atomic mass is 9.76. The highest BCUT2D eigenvalue weighted by Gasteiger charge is 2.45. The molecule has 5 heteroatoms. The SMILES string of the molecule is C[Si]1(C)C2=CC(=N)C=CC2C(c2ccccc2C(=O)O)c2ccc(N)cc21. The van der Waals surface area contributed by atoms with Gasteiger partial charge in [-0.3, -0.25) is 0 Å². The molecule has 4 rings (SSSR count). The zero-order chi connectivity index (χ0) is 19.3. The van der Waals surface area contributed by atoms with E-state index in [2.05, 4.69) is 31.3 Å². The number of aromatic carboxylic acids is 1. The number of hydrogen-bond donors (Lipinski definition) is 3. The van der Waals surface area contributed by atoms with Crippen LogP contribution in [0, 0.1) is 11.3 Å². The predicted molar refractivity (Wildman–Crippen MR) is 112 cm³/mol. The van der Waals surface area contributed by atoms with Gasteiger partial charge in [0.2, 0.25) is 0 Å². The second-order valence-corrected chi connectivity index (χ2v) is 12.1. The Bertz CT molecular complexity index is 1040. The first-order chi connectivity index (χ1) is 12.8. The second kappa shape index (κ2) is 6.06. The molecule has 1 aliphatic carbocycles. The Balaban J connectivity index is 2.05. The molecule has 0 amide bonds. The van der Waals surface area contributed by atoms with Crippen LogP contribution in [0.5, 0.6) is 0 Å². The smallest absolute Gasteiger partial charge is 0.335 e. The van der Waals surface area contributed by atoms with Crippen LogP contribution in [-0.2, 0) is 0 Å². The van der Waals surface area contributed by atoms with E-state index in [4.69, 9.17) is 11.1 Å². The van der Waals surface area contributed by atoms with Crippen molar-refractivity contribution in [2.45, 2.75) is 19.0 Å². The van der Waals surface area contributed by atoms with Gasteiger partial charge in [-0.15, -0.1) is 0 Å². The lowest BCUT2D eigenvalue weighted by molar-refractivity contribution is 0.0695. The Kier molecular flexibility index (Phi) is 3.93. The zero-order valence-electron chi connectivity index (χ0n) is 15.4. The summed E-state index contributed by atoms with van der Waals surface area (Å²) >= 11 is 0. The van der Waals surface area contributed by atoms with E-state index >= 15 is 0 Å². The molecule has 2 unspecified atom stereocenters. The van der Waals surface area contributed by atoms with Crippen molar-refractivity contribution in [2.75, 3.05) is 5.73 Å². The summed E-state index contributed by atoms with van der Waals surface area (Å²) in [5, 5.41) is 20.4.